The van der Waals surface area contributed by atoms with Gasteiger partial charge in [-0.25, -0.2) is 9.59 Å². The lowest BCUT2D eigenvalue weighted by Gasteiger charge is -2.69. The third kappa shape index (κ3) is 4.03. The molecule has 1 spiro atoms. The number of piperidine rings is 1. The molecule has 0 radical (unpaired) electrons. The van der Waals surface area contributed by atoms with E-state index in [-0.39, 0.29) is 29.9 Å². The molecular formula is C38H47NO10. The number of hydrogen-bond donors (Lipinski definition) is 2. The first-order chi connectivity index (χ1) is 23.6. The Morgan fingerprint density at radius 2 is 1.53 bits per heavy atom. The summed E-state index contributed by atoms with van der Waals surface area (Å²) >= 11 is 0. The highest BCUT2D eigenvalue weighted by molar-refractivity contribution is 5.90. The van der Waals surface area contributed by atoms with E-state index < -0.39 is 70.7 Å². The number of nitrogens with zero attached hydrogens (tertiary/aromatic N) is 1. The summed E-state index contributed by atoms with van der Waals surface area (Å²) < 4.78 is 38.3. The fourth-order valence-corrected chi connectivity index (χ4v) is 12.8. The minimum absolute atomic E-state index is 0.136. The molecule has 11 nitrogen and oxygen atoms in total. The largest absolute Gasteiger partial charge is 0.455 e. The fraction of sp³-hybridized carbons (Fsp3) is 0.632. The van der Waals surface area contributed by atoms with Gasteiger partial charge in [-0.2, -0.15) is 0 Å². The molecule has 49 heavy (non-hydrogen) atoms. The Kier molecular flexibility index (Phi) is 7.85. The van der Waals surface area contributed by atoms with Gasteiger partial charge in [0.1, 0.15) is 23.9 Å². The van der Waals surface area contributed by atoms with Crippen LogP contribution in [0.25, 0.3) is 0 Å². The lowest BCUT2D eigenvalue weighted by Crippen LogP contribution is -2.80. The van der Waals surface area contributed by atoms with Gasteiger partial charge in [0.15, 0.2) is 5.60 Å². The highest BCUT2D eigenvalue weighted by Gasteiger charge is 2.91. The van der Waals surface area contributed by atoms with Crippen LogP contribution in [0.3, 0.4) is 0 Å². The molecule has 7 bridgehead atoms. The lowest BCUT2D eigenvalue weighted by molar-refractivity contribution is -0.311. The molecule has 1 heterocycles. The number of carbonyl (C=O) groups is 2. The van der Waals surface area contributed by atoms with Crippen molar-refractivity contribution in [3.8, 4) is 0 Å². The monoisotopic (exact) mass is 677 g/mol. The maximum atomic E-state index is 14.4. The van der Waals surface area contributed by atoms with Gasteiger partial charge in [-0.1, -0.05) is 36.4 Å². The summed E-state index contributed by atoms with van der Waals surface area (Å²) in [6.07, 6.45) is -2.95. The summed E-state index contributed by atoms with van der Waals surface area (Å²) in [6, 6.07) is 17.1. The van der Waals surface area contributed by atoms with E-state index in [0.29, 0.717) is 24.3 Å². The van der Waals surface area contributed by atoms with Crippen LogP contribution in [0.4, 0.5) is 0 Å². The van der Waals surface area contributed by atoms with Gasteiger partial charge in [-0.3, -0.25) is 0 Å². The van der Waals surface area contributed by atoms with Crippen LogP contribution in [0.5, 0.6) is 0 Å². The van der Waals surface area contributed by atoms with Gasteiger partial charge in [0, 0.05) is 69.6 Å². The average Bonchev–Trinajstić information content (AvgIpc) is 3.50. The number of carbonyl (C=O) groups excluding carboxylic acids is 2. The minimum atomic E-state index is -1.80. The second kappa shape index (κ2) is 11.6. The predicted molar refractivity (Wildman–Crippen MR) is 175 cm³/mol. The number of aliphatic hydroxyl groups is 2. The fourth-order valence-electron chi connectivity index (χ4n) is 12.8. The van der Waals surface area contributed by atoms with E-state index in [9.17, 15) is 19.8 Å². The van der Waals surface area contributed by atoms with Crippen molar-refractivity contribution >= 4 is 11.9 Å². The van der Waals surface area contributed by atoms with Crippen molar-refractivity contribution < 1.29 is 48.2 Å². The van der Waals surface area contributed by atoms with Gasteiger partial charge in [0.05, 0.1) is 29.9 Å². The summed E-state index contributed by atoms with van der Waals surface area (Å²) in [4.78, 5) is 30.6. The third-order valence-corrected chi connectivity index (χ3v) is 13.7. The highest BCUT2D eigenvalue weighted by Crippen LogP contribution is 2.80. The SMILES string of the molecule is COC[C@@]12CC[C@H](OC)[C@@]34[C@@H]5C[C@@]6(O)[C@H](OC(=O)c7ccccc7)[C@@H]5[C@@](OC(=O)c5ccccc5)([C@@H]([C@H](OC)[C@H]13)[C@H]4N(C)C2)[C@@H](O)[C@@H]6OC. The average molecular weight is 678 g/mol. The van der Waals surface area contributed by atoms with Crippen LogP contribution in [0.15, 0.2) is 60.7 Å². The molecular weight excluding hydrogens is 630 g/mol. The number of ether oxygens (including phenoxy) is 6. The first-order valence-electron chi connectivity index (χ1n) is 17.3. The van der Waals surface area contributed by atoms with Crippen LogP contribution in [0.2, 0.25) is 0 Å². The first-order valence-corrected chi connectivity index (χ1v) is 17.3. The number of esters is 2. The van der Waals surface area contributed by atoms with E-state index >= 15 is 0 Å². The number of likely N-dealkylation sites (tertiary alicyclic amines) is 1. The van der Waals surface area contributed by atoms with E-state index in [0.717, 1.165) is 12.8 Å². The van der Waals surface area contributed by atoms with Crippen LogP contribution in [-0.4, -0.2) is 123 Å². The van der Waals surface area contributed by atoms with Gasteiger partial charge in [-0.05, 0) is 56.5 Å². The summed E-state index contributed by atoms with van der Waals surface area (Å²) in [7, 11) is 8.65. The molecule has 0 amide bonds. The quantitative estimate of drug-likeness (QED) is 0.380. The van der Waals surface area contributed by atoms with Crippen molar-refractivity contribution in [2.45, 2.75) is 67.0 Å². The van der Waals surface area contributed by atoms with Crippen molar-refractivity contribution in [1.29, 1.82) is 0 Å². The van der Waals surface area contributed by atoms with Gasteiger partial charge in [0.2, 0.25) is 0 Å². The maximum Gasteiger partial charge on any atom is 0.338 e. The minimum Gasteiger partial charge on any atom is -0.455 e. The van der Waals surface area contributed by atoms with Crippen LogP contribution in [0, 0.1) is 34.5 Å². The zero-order chi connectivity index (χ0) is 34.5. The van der Waals surface area contributed by atoms with E-state index in [1.807, 2.05) is 12.1 Å². The molecule has 11 heteroatoms. The number of aliphatic hydroxyl groups excluding tert-OH is 1. The third-order valence-electron chi connectivity index (χ3n) is 13.7. The maximum absolute atomic E-state index is 14.4. The Morgan fingerprint density at radius 1 is 0.878 bits per heavy atom. The number of rotatable bonds is 9. The summed E-state index contributed by atoms with van der Waals surface area (Å²) in [5, 5.41) is 25.7. The van der Waals surface area contributed by atoms with Crippen LogP contribution >= 0.6 is 0 Å². The molecule has 0 unspecified atom stereocenters. The van der Waals surface area contributed by atoms with Gasteiger partial charge in [0.25, 0.3) is 0 Å². The van der Waals surface area contributed by atoms with Crippen molar-refractivity contribution in [2.75, 3.05) is 48.6 Å². The highest BCUT2D eigenvalue weighted by atomic mass is 16.6. The first kappa shape index (κ1) is 33.3. The van der Waals surface area contributed by atoms with E-state index in [2.05, 4.69) is 11.9 Å². The van der Waals surface area contributed by atoms with Crippen molar-refractivity contribution in [3.05, 3.63) is 71.8 Å². The molecule has 6 aliphatic rings. The van der Waals surface area contributed by atoms with Gasteiger partial charge in [-0.15, -0.1) is 0 Å². The smallest absolute Gasteiger partial charge is 0.338 e. The lowest BCUT2D eigenvalue weighted by atomic mass is 9.43. The Balaban J connectivity index is 1.40. The molecule has 2 N–H and O–H groups in total. The summed E-state index contributed by atoms with van der Waals surface area (Å²) in [6.45, 7) is 1.19. The Hall–Kier alpha value is -2.90. The van der Waals surface area contributed by atoms with E-state index in [1.54, 1.807) is 69.9 Å². The molecule has 264 valence electrons. The molecule has 5 aliphatic carbocycles. The van der Waals surface area contributed by atoms with Crippen LogP contribution in [0.1, 0.15) is 40.0 Å². The zero-order valence-electron chi connectivity index (χ0n) is 28.7. The summed E-state index contributed by atoms with van der Waals surface area (Å²) in [5.74, 6) is -3.23. The summed E-state index contributed by atoms with van der Waals surface area (Å²) in [5.41, 5.74) is -3.83. The van der Waals surface area contributed by atoms with Crippen molar-refractivity contribution in [1.82, 2.24) is 4.90 Å². The molecule has 2 aromatic carbocycles. The number of fused-ring (bicyclic) bond motifs is 2. The second-order valence-electron chi connectivity index (χ2n) is 15.4. The van der Waals surface area contributed by atoms with Crippen LogP contribution < -0.4 is 0 Å². The van der Waals surface area contributed by atoms with E-state index in [1.165, 1.54) is 7.11 Å². The Morgan fingerprint density at radius 3 is 2.12 bits per heavy atom. The Bertz CT molecular complexity index is 1590. The molecule has 5 saturated carbocycles. The molecule has 1 saturated heterocycles. The topological polar surface area (TPSA) is 133 Å². The normalized spacial score (nSPS) is 45.9. The molecule has 1 aliphatic heterocycles. The van der Waals surface area contributed by atoms with Crippen molar-refractivity contribution in [2.24, 2.45) is 34.5 Å². The van der Waals surface area contributed by atoms with Gasteiger partial charge >= 0.3 is 11.9 Å². The zero-order valence-corrected chi connectivity index (χ0v) is 28.7. The Labute approximate surface area is 286 Å². The van der Waals surface area contributed by atoms with Crippen LogP contribution in [-0.2, 0) is 28.4 Å². The molecule has 6 fully saturated rings. The van der Waals surface area contributed by atoms with Gasteiger partial charge < -0.3 is 43.5 Å². The molecule has 14 atom stereocenters. The number of benzene rings is 2. The molecule has 2 aromatic rings. The predicted octanol–water partition coefficient (Wildman–Crippen LogP) is 2.58. The van der Waals surface area contributed by atoms with Crippen molar-refractivity contribution in [3.63, 3.8) is 0 Å². The number of methoxy groups -OCH3 is 4. The van der Waals surface area contributed by atoms with E-state index in [4.69, 9.17) is 28.4 Å². The molecule has 8 rings (SSSR count). The second-order valence-corrected chi connectivity index (χ2v) is 15.4. The number of hydrogen-bond acceptors (Lipinski definition) is 11. The molecule has 0 aromatic heterocycles. The standard InChI is InChI=1S/C38H47NO10/c1-39-19-35(20-44-2)17-16-24(45-3)37-23-18-36(43)31(48-33(41)21-12-8-6-9-13-21)25(23)38(30(40)32(36)47-5,26(29(37)39)27(46-4)28(35)37)49-34(42)22-14-10-7-11-15-22/h6-15,23-32,40,43H,16-20H2,1-5H3/t23-,24+,25-,26+,27+,28-,29-,30+,31-,32+,35+,36-,37+,38-/m1/s1.